The summed E-state index contributed by atoms with van der Waals surface area (Å²) in [5.74, 6) is 2.43. The van der Waals surface area contributed by atoms with Gasteiger partial charge in [-0.25, -0.2) is 4.98 Å². The molecule has 2 aliphatic heterocycles. The number of hydrogen-bond donors (Lipinski definition) is 1. The molecular formula is C21H27N3O2S. The van der Waals surface area contributed by atoms with Crippen LogP contribution in [0, 0.1) is 12.8 Å². The first-order chi connectivity index (χ1) is 13.0. The molecule has 2 saturated heterocycles. The van der Waals surface area contributed by atoms with E-state index in [4.69, 9.17) is 4.42 Å². The molecule has 1 N–H and O–H groups in total. The monoisotopic (exact) mass is 385 g/mol. The minimum Gasteiger partial charge on any atom is -0.464 e. The van der Waals surface area contributed by atoms with Crippen LogP contribution in [0.1, 0.15) is 53.6 Å². The Balaban J connectivity index is 1.70. The number of carbonyl (C=O) groups excluding carboxylic acids is 1. The van der Waals surface area contributed by atoms with Crippen LogP contribution in [0.2, 0.25) is 0 Å². The van der Waals surface area contributed by atoms with Gasteiger partial charge in [-0.15, -0.1) is 11.8 Å². The van der Waals surface area contributed by atoms with Crippen molar-refractivity contribution in [2.24, 2.45) is 5.92 Å². The topological polar surface area (TPSA) is 58.4 Å². The molecule has 1 atom stereocenters. The summed E-state index contributed by atoms with van der Waals surface area (Å²) < 4.78 is 6.02. The van der Waals surface area contributed by atoms with E-state index in [1.165, 1.54) is 24.6 Å². The third kappa shape index (κ3) is 3.29. The number of thioether (sulfide) groups is 1. The summed E-state index contributed by atoms with van der Waals surface area (Å²) in [6.07, 6.45) is 8.29. The zero-order valence-corrected chi connectivity index (χ0v) is 17.0. The maximum absolute atomic E-state index is 13.2. The molecule has 1 unspecified atom stereocenters. The number of piperidine rings is 2. The number of likely N-dealkylation sites (N-methyl/N-ethyl adjacent to an activating group) is 1. The highest BCUT2D eigenvalue weighted by molar-refractivity contribution is 7.98. The predicted molar refractivity (Wildman–Crippen MR) is 107 cm³/mol. The van der Waals surface area contributed by atoms with E-state index in [-0.39, 0.29) is 17.5 Å². The number of amides is 1. The number of carbonyl (C=O) groups is 1. The zero-order valence-electron chi connectivity index (χ0n) is 16.2. The fraction of sp³-hybridized carbons (Fsp3) is 0.524. The lowest BCUT2D eigenvalue weighted by Gasteiger charge is -2.56. The third-order valence-corrected chi connectivity index (χ3v) is 7.04. The standard InChI is InChI=1S/C21H27N3O2S/c1-14-6-7-17(26-14)18(21-10-8-15(9-11-21)13-24(21)2)23-19(25)16-5-4-12-22-20(16)27-3/h4-7,12,15,18H,8-11,13H2,1-3H3,(H,23,25). The van der Waals surface area contributed by atoms with E-state index >= 15 is 0 Å². The second-order valence-corrected chi connectivity index (χ2v) is 8.64. The Labute approximate surface area is 164 Å². The number of nitrogens with zero attached hydrogens (tertiary/aromatic N) is 2. The van der Waals surface area contributed by atoms with Gasteiger partial charge in [0.2, 0.25) is 0 Å². The molecule has 1 saturated carbocycles. The summed E-state index contributed by atoms with van der Waals surface area (Å²) >= 11 is 1.49. The lowest BCUT2D eigenvalue weighted by atomic mass is 9.66. The highest BCUT2D eigenvalue weighted by Gasteiger charge is 2.51. The maximum Gasteiger partial charge on any atom is 0.254 e. The van der Waals surface area contributed by atoms with Gasteiger partial charge >= 0.3 is 0 Å². The van der Waals surface area contributed by atoms with Crippen molar-refractivity contribution in [3.05, 3.63) is 47.5 Å². The number of nitrogens with one attached hydrogen (secondary N) is 1. The van der Waals surface area contributed by atoms with Crippen LogP contribution in [0.15, 0.2) is 39.9 Å². The molecule has 0 radical (unpaired) electrons. The Morgan fingerprint density at radius 2 is 2.15 bits per heavy atom. The van der Waals surface area contributed by atoms with E-state index in [2.05, 4.69) is 22.2 Å². The molecule has 5 nitrogen and oxygen atoms in total. The minimum atomic E-state index is -0.167. The lowest BCUT2D eigenvalue weighted by Crippen LogP contribution is -2.62. The van der Waals surface area contributed by atoms with Crippen LogP contribution in [0.3, 0.4) is 0 Å². The fourth-order valence-corrected chi connectivity index (χ4v) is 5.38. The molecule has 6 heteroatoms. The van der Waals surface area contributed by atoms with Gasteiger partial charge in [-0.05, 0) is 76.1 Å². The first-order valence-corrected chi connectivity index (χ1v) is 10.8. The van der Waals surface area contributed by atoms with Crippen LogP contribution in [0.5, 0.6) is 0 Å². The number of aryl methyl sites for hydroxylation is 1. The van der Waals surface area contributed by atoms with E-state index in [0.29, 0.717) is 5.56 Å². The van der Waals surface area contributed by atoms with E-state index in [9.17, 15) is 4.79 Å². The van der Waals surface area contributed by atoms with Crippen LogP contribution >= 0.6 is 11.8 Å². The third-order valence-electron chi connectivity index (χ3n) is 6.33. The van der Waals surface area contributed by atoms with E-state index in [1.54, 1.807) is 6.20 Å². The van der Waals surface area contributed by atoms with Gasteiger partial charge in [0.1, 0.15) is 22.6 Å². The second kappa shape index (κ2) is 7.32. The molecule has 144 valence electrons. The van der Waals surface area contributed by atoms with Crippen molar-refractivity contribution in [1.29, 1.82) is 0 Å². The molecule has 2 aromatic heterocycles. The van der Waals surface area contributed by atoms with Crippen molar-refractivity contribution >= 4 is 17.7 Å². The van der Waals surface area contributed by atoms with Crippen molar-refractivity contribution in [3.63, 3.8) is 0 Å². The Hall–Kier alpha value is -1.79. The van der Waals surface area contributed by atoms with Crippen molar-refractivity contribution in [3.8, 4) is 0 Å². The summed E-state index contributed by atoms with van der Waals surface area (Å²) in [4.78, 5) is 20.0. The van der Waals surface area contributed by atoms with Gasteiger partial charge in [0.15, 0.2) is 0 Å². The van der Waals surface area contributed by atoms with E-state index in [0.717, 1.165) is 41.9 Å². The highest BCUT2D eigenvalue weighted by Crippen LogP contribution is 2.49. The average molecular weight is 386 g/mol. The Morgan fingerprint density at radius 3 is 2.78 bits per heavy atom. The van der Waals surface area contributed by atoms with Gasteiger partial charge in [0.05, 0.1) is 5.56 Å². The van der Waals surface area contributed by atoms with Gasteiger partial charge in [0.25, 0.3) is 5.91 Å². The predicted octanol–water partition coefficient (Wildman–Crippen LogP) is 4.05. The Kier molecular flexibility index (Phi) is 5.03. The molecule has 3 fully saturated rings. The van der Waals surface area contributed by atoms with Gasteiger partial charge in [0, 0.05) is 18.3 Å². The average Bonchev–Trinajstić information content (AvgIpc) is 3.12. The zero-order chi connectivity index (χ0) is 19.0. The minimum absolute atomic E-state index is 0.0815. The molecule has 27 heavy (non-hydrogen) atoms. The van der Waals surface area contributed by atoms with Gasteiger partial charge in [-0.2, -0.15) is 0 Å². The highest BCUT2D eigenvalue weighted by atomic mass is 32.2. The van der Waals surface area contributed by atoms with E-state index in [1.807, 2.05) is 37.4 Å². The summed E-state index contributed by atoms with van der Waals surface area (Å²) in [7, 11) is 2.19. The maximum atomic E-state index is 13.2. The van der Waals surface area contributed by atoms with Crippen molar-refractivity contribution < 1.29 is 9.21 Å². The second-order valence-electron chi connectivity index (χ2n) is 7.84. The summed E-state index contributed by atoms with van der Waals surface area (Å²) in [6, 6.07) is 7.49. The SMILES string of the molecule is CSc1ncccc1C(=O)NC(c1ccc(C)o1)C12CCC(CC1)CN2C. The number of fused-ring (bicyclic) bond motifs is 3. The summed E-state index contributed by atoms with van der Waals surface area (Å²) in [5.41, 5.74) is 0.540. The molecule has 1 aliphatic carbocycles. The number of rotatable bonds is 5. The molecule has 4 heterocycles. The largest absolute Gasteiger partial charge is 0.464 e. The van der Waals surface area contributed by atoms with Crippen LogP contribution < -0.4 is 5.32 Å². The molecular weight excluding hydrogens is 358 g/mol. The first kappa shape index (κ1) is 18.6. The first-order valence-electron chi connectivity index (χ1n) is 9.61. The quantitative estimate of drug-likeness (QED) is 0.787. The van der Waals surface area contributed by atoms with Crippen molar-refractivity contribution in [1.82, 2.24) is 15.2 Å². The molecule has 1 amide bonds. The van der Waals surface area contributed by atoms with Crippen molar-refractivity contribution in [2.75, 3.05) is 19.8 Å². The normalized spacial score (nSPS) is 26.1. The summed E-state index contributed by atoms with van der Waals surface area (Å²) in [5, 5.41) is 4.08. The van der Waals surface area contributed by atoms with Gasteiger partial charge < -0.3 is 9.73 Å². The number of pyridine rings is 1. The molecule has 0 spiro atoms. The van der Waals surface area contributed by atoms with Crippen LogP contribution in [-0.4, -0.2) is 41.2 Å². The Bertz CT molecular complexity index is 826. The number of aromatic nitrogens is 1. The van der Waals surface area contributed by atoms with Crippen LogP contribution in [-0.2, 0) is 0 Å². The Morgan fingerprint density at radius 1 is 1.37 bits per heavy atom. The molecule has 2 aromatic rings. The fourth-order valence-electron chi connectivity index (χ4n) is 4.83. The number of hydrogen-bond acceptors (Lipinski definition) is 5. The van der Waals surface area contributed by atoms with E-state index < -0.39 is 0 Å². The molecule has 2 bridgehead atoms. The molecule has 5 rings (SSSR count). The smallest absolute Gasteiger partial charge is 0.254 e. The summed E-state index contributed by atoms with van der Waals surface area (Å²) in [6.45, 7) is 3.05. The lowest BCUT2D eigenvalue weighted by molar-refractivity contribution is -0.0448. The van der Waals surface area contributed by atoms with Gasteiger partial charge in [-0.1, -0.05) is 0 Å². The molecule has 0 aromatic carbocycles. The van der Waals surface area contributed by atoms with Crippen molar-refractivity contribution in [2.45, 2.75) is 49.2 Å². The number of furan rings is 1. The van der Waals surface area contributed by atoms with Crippen LogP contribution in [0.4, 0.5) is 0 Å². The van der Waals surface area contributed by atoms with Crippen LogP contribution in [0.25, 0.3) is 0 Å². The molecule has 3 aliphatic rings. The van der Waals surface area contributed by atoms with Gasteiger partial charge in [-0.3, -0.25) is 9.69 Å².